The first kappa shape index (κ1) is 9.73. The molecule has 2 atom stereocenters. The van der Waals surface area contributed by atoms with E-state index in [1.165, 1.54) is 11.3 Å². The summed E-state index contributed by atoms with van der Waals surface area (Å²) < 4.78 is 0. The molecule has 4 nitrogen and oxygen atoms in total. The summed E-state index contributed by atoms with van der Waals surface area (Å²) in [6.45, 7) is 0.893. The maximum Gasteiger partial charge on any atom is 0.184 e. The molecule has 78 valence electrons. The molecule has 4 N–H and O–H groups in total. The zero-order chi connectivity index (χ0) is 9.97. The molecular formula is C9H15N3OS. The predicted molar refractivity (Wildman–Crippen MR) is 58.4 cm³/mol. The van der Waals surface area contributed by atoms with Crippen LogP contribution in [0.25, 0.3) is 0 Å². The Morgan fingerprint density at radius 2 is 2.50 bits per heavy atom. The number of aliphatic hydroxyl groups excluding tert-OH is 1. The lowest BCUT2D eigenvalue weighted by atomic mass is 10.1. The molecular weight excluding hydrogens is 198 g/mol. The zero-order valence-corrected chi connectivity index (χ0v) is 8.76. The molecule has 0 aliphatic heterocycles. The standard InChI is InChI=1S/C9H15N3OS/c10-8-5-12-9(14-8)11-4-6-1-2-7(13)3-6/h5-7,13H,1-4,10H2,(H,11,12). The fourth-order valence-corrected chi connectivity index (χ4v) is 2.42. The van der Waals surface area contributed by atoms with E-state index in [0.717, 1.165) is 35.9 Å². The number of thiazole rings is 1. The van der Waals surface area contributed by atoms with E-state index in [9.17, 15) is 5.11 Å². The molecule has 1 heterocycles. The number of nitrogens with two attached hydrogens (primary N) is 1. The minimum Gasteiger partial charge on any atom is -0.393 e. The van der Waals surface area contributed by atoms with Crippen molar-refractivity contribution in [3.8, 4) is 0 Å². The Morgan fingerprint density at radius 1 is 1.64 bits per heavy atom. The number of rotatable bonds is 3. The van der Waals surface area contributed by atoms with Gasteiger partial charge in [-0.15, -0.1) is 0 Å². The molecule has 0 radical (unpaired) electrons. The van der Waals surface area contributed by atoms with E-state index >= 15 is 0 Å². The molecule has 5 heteroatoms. The van der Waals surface area contributed by atoms with Crippen LogP contribution in [0.3, 0.4) is 0 Å². The van der Waals surface area contributed by atoms with Gasteiger partial charge in [0.25, 0.3) is 0 Å². The Hall–Kier alpha value is -0.810. The van der Waals surface area contributed by atoms with Crippen LogP contribution >= 0.6 is 11.3 Å². The highest BCUT2D eigenvalue weighted by molar-refractivity contribution is 7.19. The quantitative estimate of drug-likeness (QED) is 0.707. The van der Waals surface area contributed by atoms with E-state index in [2.05, 4.69) is 10.3 Å². The number of nitrogen functional groups attached to an aromatic ring is 1. The summed E-state index contributed by atoms with van der Waals surface area (Å²) in [5.41, 5.74) is 5.56. The van der Waals surface area contributed by atoms with Gasteiger partial charge in [-0.3, -0.25) is 0 Å². The van der Waals surface area contributed by atoms with E-state index < -0.39 is 0 Å². The smallest absolute Gasteiger partial charge is 0.184 e. The molecule has 1 aromatic heterocycles. The molecule has 1 aliphatic rings. The first-order chi connectivity index (χ1) is 6.74. The number of aliphatic hydroxyl groups is 1. The van der Waals surface area contributed by atoms with Crippen molar-refractivity contribution in [1.82, 2.24) is 4.98 Å². The van der Waals surface area contributed by atoms with Crippen molar-refractivity contribution in [3.63, 3.8) is 0 Å². The molecule has 2 unspecified atom stereocenters. The maximum absolute atomic E-state index is 9.34. The van der Waals surface area contributed by atoms with Gasteiger partial charge in [0.15, 0.2) is 5.13 Å². The van der Waals surface area contributed by atoms with Crippen LogP contribution in [-0.4, -0.2) is 22.7 Å². The average Bonchev–Trinajstić information content (AvgIpc) is 2.72. The largest absolute Gasteiger partial charge is 0.393 e. The molecule has 1 aromatic rings. The highest BCUT2D eigenvalue weighted by Crippen LogP contribution is 2.26. The van der Waals surface area contributed by atoms with Gasteiger partial charge in [-0.2, -0.15) is 0 Å². The molecule has 2 rings (SSSR count). The van der Waals surface area contributed by atoms with Crippen molar-refractivity contribution in [3.05, 3.63) is 6.20 Å². The van der Waals surface area contributed by atoms with Gasteiger partial charge >= 0.3 is 0 Å². The van der Waals surface area contributed by atoms with Gasteiger partial charge < -0.3 is 16.2 Å². The van der Waals surface area contributed by atoms with Crippen molar-refractivity contribution in [1.29, 1.82) is 0 Å². The van der Waals surface area contributed by atoms with Crippen LogP contribution in [0.4, 0.5) is 10.1 Å². The summed E-state index contributed by atoms with van der Waals surface area (Å²) in [5.74, 6) is 0.579. The minimum absolute atomic E-state index is 0.0943. The second-order valence-electron chi connectivity index (χ2n) is 3.78. The van der Waals surface area contributed by atoms with E-state index in [1.807, 2.05) is 0 Å². The molecule has 1 saturated carbocycles. The Balaban J connectivity index is 1.77. The number of nitrogens with zero attached hydrogens (tertiary/aromatic N) is 1. The van der Waals surface area contributed by atoms with Crippen molar-refractivity contribution < 1.29 is 5.11 Å². The lowest BCUT2D eigenvalue weighted by molar-refractivity contribution is 0.178. The molecule has 0 aromatic carbocycles. The summed E-state index contributed by atoms with van der Waals surface area (Å²) >= 11 is 1.46. The van der Waals surface area contributed by atoms with Crippen LogP contribution < -0.4 is 11.1 Å². The normalized spacial score (nSPS) is 26.6. The van der Waals surface area contributed by atoms with E-state index in [1.54, 1.807) is 6.20 Å². The summed E-state index contributed by atoms with van der Waals surface area (Å²) in [6.07, 6.45) is 4.52. The van der Waals surface area contributed by atoms with Crippen LogP contribution in [-0.2, 0) is 0 Å². The Kier molecular flexibility index (Phi) is 2.88. The van der Waals surface area contributed by atoms with E-state index in [4.69, 9.17) is 5.73 Å². The third-order valence-electron chi connectivity index (χ3n) is 2.58. The lowest BCUT2D eigenvalue weighted by Crippen LogP contribution is -2.12. The number of nitrogens with one attached hydrogen (secondary N) is 1. The highest BCUT2D eigenvalue weighted by atomic mass is 32.1. The van der Waals surface area contributed by atoms with Crippen LogP contribution in [0, 0.1) is 5.92 Å². The first-order valence-electron chi connectivity index (χ1n) is 4.87. The molecule has 0 spiro atoms. The second-order valence-corrected chi connectivity index (χ2v) is 4.84. The fourth-order valence-electron chi connectivity index (χ4n) is 1.83. The SMILES string of the molecule is Nc1cnc(NCC2CCC(O)C2)s1. The predicted octanol–water partition coefficient (Wildman–Crippen LogP) is 1.30. The van der Waals surface area contributed by atoms with Crippen molar-refractivity contribution in [2.24, 2.45) is 5.92 Å². The zero-order valence-electron chi connectivity index (χ0n) is 7.94. The average molecular weight is 213 g/mol. The van der Waals surface area contributed by atoms with Gasteiger partial charge in [0.05, 0.1) is 12.3 Å². The van der Waals surface area contributed by atoms with Gasteiger partial charge in [0.2, 0.25) is 0 Å². The van der Waals surface area contributed by atoms with Gasteiger partial charge in [0.1, 0.15) is 5.00 Å². The van der Waals surface area contributed by atoms with Crippen LogP contribution in [0.5, 0.6) is 0 Å². The third-order valence-corrected chi connectivity index (χ3v) is 3.36. The number of anilines is 2. The van der Waals surface area contributed by atoms with Crippen molar-refractivity contribution in [2.45, 2.75) is 25.4 Å². The first-order valence-corrected chi connectivity index (χ1v) is 5.69. The van der Waals surface area contributed by atoms with Crippen LogP contribution in [0.1, 0.15) is 19.3 Å². The Bertz CT molecular complexity index is 302. The number of hydrogen-bond donors (Lipinski definition) is 3. The minimum atomic E-state index is -0.0943. The van der Waals surface area contributed by atoms with Gasteiger partial charge in [0, 0.05) is 6.54 Å². The molecule has 1 aliphatic carbocycles. The summed E-state index contributed by atoms with van der Waals surface area (Å²) in [5, 5.41) is 14.2. The number of hydrogen-bond acceptors (Lipinski definition) is 5. The lowest BCUT2D eigenvalue weighted by Gasteiger charge is -2.09. The maximum atomic E-state index is 9.34. The molecule has 14 heavy (non-hydrogen) atoms. The molecule has 1 fully saturated rings. The van der Waals surface area contributed by atoms with Gasteiger partial charge in [-0.1, -0.05) is 11.3 Å². The van der Waals surface area contributed by atoms with E-state index in [0.29, 0.717) is 5.92 Å². The van der Waals surface area contributed by atoms with Crippen molar-refractivity contribution >= 4 is 21.5 Å². The molecule has 0 bridgehead atoms. The van der Waals surface area contributed by atoms with Crippen LogP contribution in [0.2, 0.25) is 0 Å². The van der Waals surface area contributed by atoms with Crippen molar-refractivity contribution in [2.75, 3.05) is 17.6 Å². The summed E-state index contributed by atoms with van der Waals surface area (Å²) in [4.78, 5) is 4.12. The van der Waals surface area contributed by atoms with Crippen LogP contribution in [0.15, 0.2) is 6.20 Å². The topological polar surface area (TPSA) is 71.2 Å². The van der Waals surface area contributed by atoms with E-state index in [-0.39, 0.29) is 6.10 Å². The second kappa shape index (κ2) is 4.14. The Morgan fingerprint density at radius 3 is 3.07 bits per heavy atom. The highest BCUT2D eigenvalue weighted by Gasteiger charge is 2.22. The Labute approximate surface area is 87.2 Å². The monoisotopic (exact) mass is 213 g/mol. The molecule has 0 amide bonds. The third kappa shape index (κ3) is 2.36. The summed E-state index contributed by atoms with van der Waals surface area (Å²) in [6, 6.07) is 0. The molecule has 0 saturated heterocycles. The van der Waals surface area contributed by atoms with Gasteiger partial charge in [-0.05, 0) is 25.2 Å². The van der Waals surface area contributed by atoms with Gasteiger partial charge in [-0.25, -0.2) is 4.98 Å². The summed E-state index contributed by atoms with van der Waals surface area (Å²) in [7, 11) is 0. The fraction of sp³-hybridized carbons (Fsp3) is 0.667. The number of aromatic nitrogens is 1.